The number of amides is 1. The van der Waals surface area contributed by atoms with Gasteiger partial charge in [-0.1, -0.05) is 12.1 Å². The number of benzene rings is 1. The van der Waals surface area contributed by atoms with E-state index in [2.05, 4.69) is 11.1 Å². The van der Waals surface area contributed by atoms with E-state index in [1.807, 2.05) is 18.2 Å². The molecule has 2 aromatic rings. The highest BCUT2D eigenvalue weighted by atomic mass is 32.2. The summed E-state index contributed by atoms with van der Waals surface area (Å²) >= 11 is 1.55. The fraction of sp³-hybridized carbons (Fsp3) is 0.263. The number of carbonyl (C=O) groups is 1. The molecule has 7 nitrogen and oxygen atoms in total. The van der Waals surface area contributed by atoms with Gasteiger partial charge in [-0.2, -0.15) is 10.5 Å². The minimum atomic E-state index is -0.702. The van der Waals surface area contributed by atoms with E-state index in [1.165, 1.54) is 4.90 Å². The molecule has 0 saturated carbocycles. The summed E-state index contributed by atoms with van der Waals surface area (Å²) in [5, 5.41) is 18.2. The highest BCUT2D eigenvalue weighted by Crippen LogP contribution is 2.24. The van der Waals surface area contributed by atoms with Gasteiger partial charge in [-0.25, -0.2) is 4.98 Å². The van der Waals surface area contributed by atoms with Crippen molar-refractivity contribution in [3.05, 3.63) is 53.7 Å². The maximum Gasteiger partial charge on any atom is 0.241 e. The Labute approximate surface area is 161 Å². The minimum Gasteiger partial charge on any atom is -0.438 e. The maximum atomic E-state index is 12.5. The molecule has 2 heterocycles. The van der Waals surface area contributed by atoms with Crippen molar-refractivity contribution in [2.45, 2.75) is 18.5 Å². The van der Waals surface area contributed by atoms with Gasteiger partial charge in [-0.15, -0.1) is 11.8 Å². The first-order chi connectivity index (χ1) is 13.1. The summed E-state index contributed by atoms with van der Waals surface area (Å²) < 4.78 is 5.64. The van der Waals surface area contributed by atoms with Crippen LogP contribution in [0.25, 0.3) is 0 Å². The third-order valence-electron chi connectivity index (χ3n) is 4.12. The Morgan fingerprint density at radius 1 is 1.37 bits per heavy atom. The number of ether oxygens (including phenoxy) is 1. The third-order valence-corrected chi connectivity index (χ3v) is 5.13. The van der Waals surface area contributed by atoms with Crippen LogP contribution in [-0.4, -0.2) is 39.5 Å². The molecule has 2 atom stereocenters. The second kappa shape index (κ2) is 8.54. The van der Waals surface area contributed by atoms with Gasteiger partial charge in [0.2, 0.25) is 11.8 Å². The molecule has 0 unspecified atom stereocenters. The molecule has 2 N–H and O–H groups in total. The van der Waals surface area contributed by atoms with Gasteiger partial charge in [-0.3, -0.25) is 4.79 Å². The molecule has 0 bridgehead atoms. The van der Waals surface area contributed by atoms with E-state index in [1.54, 1.807) is 42.2 Å². The van der Waals surface area contributed by atoms with E-state index in [4.69, 9.17) is 21.0 Å². The van der Waals surface area contributed by atoms with E-state index >= 15 is 0 Å². The molecule has 0 aliphatic carbocycles. The van der Waals surface area contributed by atoms with E-state index in [0.717, 1.165) is 5.56 Å². The predicted molar refractivity (Wildman–Crippen MR) is 101 cm³/mol. The zero-order valence-corrected chi connectivity index (χ0v) is 15.2. The van der Waals surface area contributed by atoms with Gasteiger partial charge >= 0.3 is 0 Å². The molecule has 1 aromatic carbocycles. The van der Waals surface area contributed by atoms with Crippen molar-refractivity contribution < 1.29 is 9.53 Å². The first-order valence-electron chi connectivity index (χ1n) is 8.27. The summed E-state index contributed by atoms with van der Waals surface area (Å²) in [5.74, 6) is 1.70. The topological polar surface area (TPSA) is 116 Å². The van der Waals surface area contributed by atoms with Crippen LogP contribution in [0.2, 0.25) is 0 Å². The zero-order chi connectivity index (χ0) is 19.2. The Morgan fingerprint density at radius 3 is 2.85 bits per heavy atom. The van der Waals surface area contributed by atoms with Gasteiger partial charge in [0, 0.05) is 11.9 Å². The molecule has 136 valence electrons. The van der Waals surface area contributed by atoms with E-state index in [0.29, 0.717) is 29.4 Å². The van der Waals surface area contributed by atoms with Gasteiger partial charge in [0.25, 0.3) is 0 Å². The summed E-state index contributed by atoms with van der Waals surface area (Å²) in [4.78, 5) is 18.1. The van der Waals surface area contributed by atoms with Gasteiger partial charge < -0.3 is 15.4 Å². The van der Waals surface area contributed by atoms with Crippen LogP contribution in [0, 0.1) is 22.7 Å². The van der Waals surface area contributed by atoms with E-state index in [-0.39, 0.29) is 11.8 Å². The van der Waals surface area contributed by atoms with Crippen LogP contribution >= 0.6 is 11.8 Å². The highest BCUT2D eigenvalue weighted by molar-refractivity contribution is 7.99. The van der Waals surface area contributed by atoms with Crippen molar-refractivity contribution in [3.8, 4) is 23.8 Å². The van der Waals surface area contributed by atoms with Crippen LogP contribution in [0.15, 0.2) is 42.6 Å². The molecule has 27 heavy (non-hydrogen) atoms. The van der Waals surface area contributed by atoms with Crippen LogP contribution in [-0.2, 0) is 11.2 Å². The Kier molecular flexibility index (Phi) is 5.92. The molecular formula is C19H17N5O2S. The fourth-order valence-electron chi connectivity index (χ4n) is 2.68. The summed E-state index contributed by atoms with van der Waals surface area (Å²) in [5.41, 5.74) is 7.29. The lowest BCUT2D eigenvalue weighted by molar-refractivity contribution is -0.132. The van der Waals surface area contributed by atoms with Crippen LogP contribution in [0.1, 0.15) is 11.1 Å². The van der Waals surface area contributed by atoms with Gasteiger partial charge in [-0.05, 0) is 36.2 Å². The molecule has 3 rings (SSSR count). The van der Waals surface area contributed by atoms with Crippen LogP contribution in [0.5, 0.6) is 11.6 Å². The molecule has 1 aliphatic heterocycles. The van der Waals surface area contributed by atoms with E-state index < -0.39 is 12.1 Å². The molecule has 0 radical (unpaired) electrons. The number of rotatable bonds is 5. The average Bonchev–Trinajstić information content (AvgIpc) is 3.18. The summed E-state index contributed by atoms with van der Waals surface area (Å²) in [7, 11) is 0. The quantitative estimate of drug-likeness (QED) is 0.845. The van der Waals surface area contributed by atoms with Crippen molar-refractivity contribution in [1.29, 1.82) is 10.5 Å². The molecule has 1 fully saturated rings. The first kappa shape index (κ1) is 18.7. The Bertz CT molecular complexity index is 904. The lowest BCUT2D eigenvalue weighted by atomic mass is 10.0. The van der Waals surface area contributed by atoms with Crippen molar-refractivity contribution in [3.63, 3.8) is 0 Å². The Morgan fingerprint density at radius 2 is 2.15 bits per heavy atom. The van der Waals surface area contributed by atoms with Crippen LogP contribution < -0.4 is 10.5 Å². The molecule has 1 aliphatic rings. The van der Waals surface area contributed by atoms with Crippen molar-refractivity contribution in [2.24, 2.45) is 5.73 Å². The lowest BCUT2D eigenvalue weighted by Gasteiger charge is -2.22. The van der Waals surface area contributed by atoms with Gasteiger partial charge in [0.15, 0.2) is 0 Å². The standard InChI is InChI=1S/C19H17N5O2S/c20-9-14-2-1-7-23-18(14)26-16-5-3-13(4-6-16)8-17(22)19(25)24-12-27-11-15(24)10-21/h1-7,15,17H,8,11-12,22H2/t15-,17+/m1/s1. The summed E-state index contributed by atoms with van der Waals surface area (Å²) in [6.07, 6.45) is 1.92. The number of nitrogens with zero attached hydrogens (tertiary/aromatic N) is 4. The normalized spacial score (nSPS) is 17.0. The third kappa shape index (κ3) is 4.37. The van der Waals surface area contributed by atoms with Crippen molar-refractivity contribution >= 4 is 17.7 Å². The second-order valence-electron chi connectivity index (χ2n) is 5.98. The summed E-state index contributed by atoms with van der Waals surface area (Å²) in [6, 6.07) is 13.5. The second-order valence-corrected chi connectivity index (χ2v) is 6.98. The lowest BCUT2D eigenvalue weighted by Crippen LogP contribution is -2.47. The van der Waals surface area contributed by atoms with Crippen molar-refractivity contribution in [1.82, 2.24) is 9.88 Å². The zero-order valence-electron chi connectivity index (χ0n) is 14.4. The number of carbonyl (C=O) groups excluding carboxylic acids is 1. The SMILES string of the molecule is N#Cc1cccnc1Oc1ccc(C[C@H](N)C(=O)N2CSC[C@H]2C#N)cc1. The molecule has 1 saturated heterocycles. The monoisotopic (exact) mass is 379 g/mol. The molecule has 0 spiro atoms. The van der Waals surface area contributed by atoms with Crippen LogP contribution in [0.3, 0.4) is 0 Å². The van der Waals surface area contributed by atoms with Gasteiger partial charge in [0.05, 0.1) is 18.0 Å². The fourth-order valence-corrected chi connectivity index (χ4v) is 3.77. The Hall–Kier alpha value is -3.07. The molecule has 1 aromatic heterocycles. The van der Waals surface area contributed by atoms with Gasteiger partial charge in [0.1, 0.15) is 23.4 Å². The number of hydrogen-bond donors (Lipinski definition) is 1. The summed E-state index contributed by atoms with van der Waals surface area (Å²) in [6.45, 7) is 0. The molecular weight excluding hydrogens is 362 g/mol. The number of thioether (sulfide) groups is 1. The number of nitriles is 2. The van der Waals surface area contributed by atoms with Crippen molar-refractivity contribution in [2.75, 3.05) is 11.6 Å². The number of nitrogens with two attached hydrogens (primary N) is 1. The first-order valence-corrected chi connectivity index (χ1v) is 9.43. The predicted octanol–water partition coefficient (Wildman–Crippen LogP) is 2.04. The number of hydrogen-bond acceptors (Lipinski definition) is 7. The number of pyridine rings is 1. The smallest absolute Gasteiger partial charge is 0.241 e. The van der Waals surface area contributed by atoms with Crippen LogP contribution in [0.4, 0.5) is 0 Å². The average molecular weight is 379 g/mol. The molecule has 1 amide bonds. The van der Waals surface area contributed by atoms with E-state index in [9.17, 15) is 4.79 Å². The maximum absolute atomic E-state index is 12.5. The number of aromatic nitrogens is 1. The highest BCUT2D eigenvalue weighted by Gasteiger charge is 2.32. The molecule has 8 heteroatoms. The Balaban J connectivity index is 1.63. The minimum absolute atomic E-state index is 0.209. The largest absolute Gasteiger partial charge is 0.438 e.